The summed E-state index contributed by atoms with van der Waals surface area (Å²) < 4.78 is 0. The monoisotopic (exact) mass is 156 g/mol. The fourth-order valence-corrected chi connectivity index (χ4v) is 0.978. The minimum atomic E-state index is -0.113. The summed E-state index contributed by atoms with van der Waals surface area (Å²) in [6, 6.07) is 0. The third-order valence-corrected chi connectivity index (χ3v) is 1.70. The largest absolute Gasteiger partial charge is 0.393 e. The van der Waals surface area contributed by atoms with Gasteiger partial charge < -0.3 is 5.11 Å². The van der Waals surface area contributed by atoms with Crippen LogP contribution in [0.15, 0.2) is 12.2 Å². The van der Waals surface area contributed by atoms with Gasteiger partial charge >= 0.3 is 0 Å². The number of aliphatic hydroxyl groups is 1. The first-order valence-corrected chi connectivity index (χ1v) is 4.64. The quantitative estimate of drug-likeness (QED) is 0.586. The molecule has 0 fully saturated rings. The lowest BCUT2D eigenvalue weighted by Crippen LogP contribution is -2.03. The minimum Gasteiger partial charge on any atom is -0.393 e. The molecule has 1 heteroatoms. The highest BCUT2D eigenvalue weighted by Crippen LogP contribution is 2.04. The first-order chi connectivity index (χ1) is 5.31. The number of aliphatic hydroxyl groups excluding tert-OH is 1. The number of hydrogen-bond donors (Lipinski definition) is 1. The van der Waals surface area contributed by atoms with Crippen LogP contribution in [0.2, 0.25) is 0 Å². The van der Waals surface area contributed by atoms with E-state index in [9.17, 15) is 5.11 Å². The Hall–Kier alpha value is -0.300. The Balaban J connectivity index is 3.21. The highest BCUT2D eigenvalue weighted by atomic mass is 16.3. The van der Waals surface area contributed by atoms with Crippen molar-refractivity contribution in [2.75, 3.05) is 0 Å². The average molecular weight is 156 g/mol. The molecule has 0 bridgehead atoms. The van der Waals surface area contributed by atoms with E-state index < -0.39 is 0 Å². The van der Waals surface area contributed by atoms with Crippen LogP contribution in [0.3, 0.4) is 0 Å². The molecule has 0 rings (SSSR count). The highest BCUT2D eigenvalue weighted by Gasteiger charge is 1.98. The van der Waals surface area contributed by atoms with Gasteiger partial charge in [0.1, 0.15) is 0 Å². The first kappa shape index (κ1) is 10.7. The van der Waals surface area contributed by atoms with E-state index in [-0.39, 0.29) is 6.10 Å². The Bertz CT molecular complexity index is 97.0. The SMILES string of the molecule is CC/C=C\C[C@@H](O)CCCC. The summed E-state index contributed by atoms with van der Waals surface area (Å²) in [7, 11) is 0. The van der Waals surface area contributed by atoms with Crippen LogP contribution in [0.4, 0.5) is 0 Å². The second-order valence-corrected chi connectivity index (χ2v) is 2.91. The van der Waals surface area contributed by atoms with Crippen molar-refractivity contribution in [2.24, 2.45) is 0 Å². The molecule has 0 aliphatic carbocycles. The predicted molar refractivity (Wildman–Crippen MR) is 49.6 cm³/mol. The smallest absolute Gasteiger partial charge is 0.0574 e. The Labute approximate surface area is 70.1 Å². The molecule has 0 aliphatic rings. The molecule has 0 saturated carbocycles. The van der Waals surface area contributed by atoms with Gasteiger partial charge in [0, 0.05) is 0 Å². The normalized spacial score (nSPS) is 14.1. The molecular formula is C10H20O. The van der Waals surface area contributed by atoms with Crippen LogP contribution >= 0.6 is 0 Å². The maximum Gasteiger partial charge on any atom is 0.0574 e. The lowest BCUT2D eigenvalue weighted by molar-refractivity contribution is 0.164. The van der Waals surface area contributed by atoms with Gasteiger partial charge in [-0.15, -0.1) is 0 Å². The molecule has 1 atom stereocenters. The summed E-state index contributed by atoms with van der Waals surface area (Å²) in [5, 5.41) is 9.36. The van der Waals surface area contributed by atoms with Crippen molar-refractivity contribution in [3.8, 4) is 0 Å². The molecule has 1 nitrogen and oxygen atoms in total. The van der Waals surface area contributed by atoms with Crippen LogP contribution in [0.5, 0.6) is 0 Å². The minimum absolute atomic E-state index is 0.113. The summed E-state index contributed by atoms with van der Waals surface area (Å²) in [6.45, 7) is 4.25. The van der Waals surface area contributed by atoms with Gasteiger partial charge in [-0.05, 0) is 19.3 Å². The van der Waals surface area contributed by atoms with Gasteiger partial charge in [0.05, 0.1) is 6.10 Å². The number of unbranched alkanes of at least 4 members (excludes halogenated alkanes) is 1. The van der Waals surface area contributed by atoms with Gasteiger partial charge in [-0.25, -0.2) is 0 Å². The van der Waals surface area contributed by atoms with Crippen molar-refractivity contribution in [1.82, 2.24) is 0 Å². The Morgan fingerprint density at radius 1 is 1.27 bits per heavy atom. The summed E-state index contributed by atoms with van der Waals surface area (Å²) in [5.74, 6) is 0. The molecule has 66 valence electrons. The lowest BCUT2D eigenvalue weighted by atomic mass is 10.1. The van der Waals surface area contributed by atoms with Crippen molar-refractivity contribution >= 4 is 0 Å². The van der Waals surface area contributed by atoms with E-state index in [0.29, 0.717) is 0 Å². The summed E-state index contributed by atoms with van der Waals surface area (Å²) in [6.07, 6.45) is 9.22. The number of allylic oxidation sites excluding steroid dienone is 1. The predicted octanol–water partition coefficient (Wildman–Crippen LogP) is 2.89. The maximum absolute atomic E-state index is 9.36. The zero-order valence-electron chi connectivity index (χ0n) is 7.71. The molecule has 0 heterocycles. The van der Waals surface area contributed by atoms with Gasteiger partial charge in [-0.2, -0.15) is 0 Å². The molecule has 0 radical (unpaired) electrons. The van der Waals surface area contributed by atoms with Gasteiger partial charge in [0.2, 0.25) is 0 Å². The molecule has 0 spiro atoms. The van der Waals surface area contributed by atoms with Crippen LogP contribution in [-0.2, 0) is 0 Å². The van der Waals surface area contributed by atoms with Gasteiger partial charge in [0.25, 0.3) is 0 Å². The van der Waals surface area contributed by atoms with E-state index in [2.05, 4.69) is 26.0 Å². The fraction of sp³-hybridized carbons (Fsp3) is 0.800. The topological polar surface area (TPSA) is 20.2 Å². The third kappa shape index (κ3) is 7.60. The van der Waals surface area contributed by atoms with Crippen LogP contribution in [0.1, 0.15) is 46.0 Å². The van der Waals surface area contributed by atoms with Crippen LogP contribution in [-0.4, -0.2) is 11.2 Å². The van der Waals surface area contributed by atoms with E-state index in [0.717, 1.165) is 25.7 Å². The lowest BCUT2D eigenvalue weighted by Gasteiger charge is -2.05. The van der Waals surface area contributed by atoms with E-state index in [1.54, 1.807) is 0 Å². The van der Waals surface area contributed by atoms with Crippen molar-refractivity contribution < 1.29 is 5.11 Å². The van der Waals surface area contributed by atoms with Crippen LogP contribution < -0.4 is 0 Å². The van der Waals surface area contributed by atoms with Crippen molar-refractivity contribution in [1.29, 1.82) is 0 Å². The Morgan fingerprint density at radius 3 is 2.55 bits per heavy atom. The van der Waals surface area contributed by atoms with Crippen molar-refractivity contribution in [3.63, 3.8) is 0 Å². The van der Waals surface area contributed by atoms with Gasteiger partial charge in [0.15, 0.2) is 0 Å². The van der Waals surface area contributed by atoms with E-state index >= 15 is 0 Å². The van der Waals surface area contributed by atoms with Crippen LogP contribution in [0.25, 0.3) is 0 Å². The van der Waals surface area contributed by atoms with Crippen molar-refractivity contribution in [2.45, 2.75) is 52.1 Å². The average Bonchev–Trinajstić information content (AvgIpc) is 2.01. The molecular weight excluding hydrogens is 136 g/mol. The standard InChI is InChI=1S/C10H20O/c1-3-5-7-9-10(11)8-6-4-2/h5,7,10-11H,3-4,6,8-9H2,1-2H3/b7-5-/t10-/m0/s1. The summed E-state index contributed by atoms with van der Waals surface area (Å²) >= 11 is 0. The van der Waals surface area contributed by atoms with E-state index in [1.807, 2.05) is 0 Å². The summed E-state index contributed by atoms with van der Waals surface area (Å²) in [5.41, 5.74) is 0. The Kier molecular flexibility index (Phi) is 7.59. The Morgan fingerprint density at radius 2 is 2.00 bits per heavy atom. The second-order valence-electron chi connectivity index (χ2n) is 2.91. The molecule has 0 amide bonds. The summed E-state index contributed by atoms with van der Waals surface area (Å²) in [4.78, 5) is 0. The number of rotatable bonds is 6. The van der Waals surface area contributed by atoms with Gasteiger partial charge in [-0.1, -0.05) is 38.8 Å². The van der Waals surface area contributed by atoms with E-state index in [1.165, 1.54) is 6.42 Å². The molecule has 0 aromatic heterocycles. The molecule has 0 unspecified atom stereocenters. The molecule has 0 saturated heterocycles. The molecule has 11 heavy (non-hydrogen) atoms. The fourth-order valence-electron chi connectivity index (χ4n) is 0.978. The molecule has 0 aromatic rings. The van der Waals surface area contributed by atoms with E-state index in [4.69, 9.17) is 0 Å². The zero-order valence-corrected chi connectivity index (χ0v) is 7.71. The molecule has 0 aliphatic heterocycles. The third-order valence-electron chi connectivity index (χ3n) is 1.70. The van der Waals surface area contributed by atoms with Crippen LogP contribution in [0, 0.1) is 0 Å². The van der Waals surface area contributed by atoms with Crippen molar-refractivity contribution in [3.05, 3.63) is 12.2 Å². The zero-order chi connectivity index (χ0) is 8.53. The molecule has 0 aromatic carbocycles. The first-order valence-electron chi connectivity index (χ1n) is 4.64. The number of hydrogen-bond acceptors (Lipinski definition) is 1. The second kappa shape index (κ2) is 7.80. The highest BCUT2D eigenvalue weighted by molar-refractivity contribution is 4.82. The maximum atomic E-state index is 9.36. The van der Waals surface area contributed by atoms with Gasteiger partial charge in [-0.3, -0.25) is 0 Å². The molecule has 1 N–H and O–H groups in total.